The minimum absolute atomic E-state index is 0.179. The Morgan fingerprint density at radius 1 is 1.64 bits per heavy atom. The number of nitrogens with zero attached hydrogens (tertiary/aromatic N) is 1. The molecule has 0 saturated heterocycles. The number of unbranched alkanes of at least 4 members (excludes halogenated alkanes) is 2. The summed E-state index contributed by atoms with van der Waals surface area (Å²) in [7, 11) is 0. The fraction of sp³-hybridized carbons (Fsp3) is 0.600. The van der Waals surface area contributed by atoms with Gasteiger partial charge in [-0.3, -0.25) is 4.79 Å². The average Bonchev–Trinajstić information content (AvgIpc) is 2.64. The number of hydrogen-bond acceptors (Lipinski definition) is 3. The summed E-state index contributed by atoms with van der Waals surface area (Å²) in [6.07, 6.45) is 5.90. The highest BCUT2D eigenvalue weighted by Gasteiger charge is 2.19. The zero-order valence-corrected chi connectivity index (χ0v) is 9.22. The minimum Gasteiger partial charge on any atom is -0.369 e. The molecule has 78 valence electrons. The van der Waals surface area contributed by atoms with E-state index in [9.17, 15) is 4.79 Å². The highest BCUT2D eigenvalue weighted by molar-refractivity contribution is 7.09. The van der Waals surface area contributed by atoms with Crippen molar-refractivity contribution < 1.29 is 4.79 Å². The molecule has 0 bridgehead atoms. The van der Waals surface area contributed by atoms with Gasteiger partial charge in [0.2, 0.25) is 5.91 Å². The fourth-order valence-corrected chi connectivity index (χ4v) is 2.17. The summed E-state index contributed by atoms with van der Waals surface area (Å²) in [4.78, 5) is 15.3. The van der Waals surface area contributed by atoms with Gasteiger partial charge in [-0.1, -0.05) is 26.2 Å². The van der Waals surface area contributed by atoms with E-state index >= 15 is 0 Å². The Balaban J connectivity index is 2.52. The van der Waals surface area contributed by atoms with Gasteiger partial charge in [0, 0.05) is 11.6 Å². The van der Waals surface area contributed by atoms with Crippen LogP contribution in [-0.4, -0.2) is 10.9 Å². The molecule has 0 fully saturated rings. The SMILES string of the molecule is CCCCCC(C(N)=O)c1nccs1. The van der Waals surface area contributed by atoms with Crippen LogP contribution in [0, 0.1) is 0 Å². The Labute approximate surface area is 88.3 Å². The minimum atomic E-state index is -0.254. The Kier molecular flexibility index (Phi) is 4.59. The van der Waals surface area contributed by atoms with Crippen molar-refractivity contribution >= 4 is 17.2 Å². The number of nitrogens with two attached hydrogens (primary N) is 1. The first-order valence-electron chi connectivity index (χ1n) is 4.94. The third kappa shape index (κ3) is 3.10. The second-order valence-electron chi connectivity index (χ2n) is 3.32. The summed E-state index contributed by atoms with van der Waals surface area (Å²) >= 11 is 1.51. The van der Waals surface area contributed by atoms with Crippen LogP contribution in [0.3, 0.4) is 0 Å². The first-order valence-corrected chi connectivity index (χ1v) is 5.82. The number of amides is 1. The van der Waals surface area contributed by atoms with Crippen LogP contribution in [0.1, 0.15) is 43.5 Å². The third-order valence-electron chi connectivity index (χ3n) is 2.19. The van der Waals surface area contributed by atoms with Gasteiger partial charge in [0.25, 0.3) is 0 Å². The lowest BCUT2D eigenvalue weighted by atomic mass is 10.0. The molecule has 0 aromatic carbocycles. The van der Waals surface area contributed by atoms with Gasteiger partial charge in [-0.15, -0.1) is 11.3 Å². The first-order chi connectivity index (χ1) is 6.75. The van der Waals surface area contributed by atoms with Gasteiger partial charge in [0.1, 0.15) is 5.01 Å². The highest BCUT2D eigenvalue weighted by atomic mass is 32.1. The molecule has 0 saturated carbocycles. The van der Waals surface area contributed by atoms with Crippen LogP contribution in [0.2, 0.25) is 0 Å². The van der Waals surface area contributed by atoms with Crippen LogP contribution in [0.15, 0.2) is 11.6 Å². The lowest BCUT2D eigenvalue weighted by Crippen LogP contribution is -2.21. The third-order valence-corrected chi connectivity index (χ3v) is 3.08. The van der Waals surface area contributed by atoms with E-state index in [4.69, 9.17) is 5.73 Å². The van der Waals surface area contributed by atoms with E-state index in [1.807, 2.05) is 5.38 Å². The van der Waals surface area contributed by atoms with E-state index in [0.717, 1.165) is 30.7 Å². The van der Waals surface area contributed by atoms with Crippen LogP contribution in [-0.2, 0) is 4.79 Å². The standard InChI is InChI=1S/C10H16N2OS/c1-2-3-4-5-8(9(11)13)10-12-6-7-14-10/h6-8H,2-5H2,1H3,(H2,11,13). The van der Waals surface area contributed by atoms with E-state index in [2.05, 4.69) is 11.9 Å². The van der Waals surface area contributed by atoms with Gasteiger partial charge >= 0.3 is 0 Å². The predicted molar refractivity (Wildman–Crippen MR) is 58.2 cm³/mol. The number of hydrogen-bond donors (Lipinski definition) is 1. The van der Waals surface area contributed by atoms with Gasteiger partial charge in [0.05, 0.1) is 5.92 Å². The van der Waals surface area contributed by atoms with Crippen molar-refractivity contribution in [2.75, 3.05) is 0 Å². The zero-order valence-electron chi connectivity index (χ0n) is 8.40. The largest absolute Gasteiger partial charge is 0.369 e. The molecule has 2 N–H and O–H groups in total. The van der Waals surface area contributed by atoms with Crippen molar-refractivity contribution in [3.05, 3.63) is 16.6 Å². The zero-order chi connectivity index (χ0) is 10.4. The van der Waals surface area contributed by atoms with Crippen LogP contribution in [0.25, 0.3) is 0 Å². The van der Waals surface area contributed by atoms with E-state index in [1.54, 1.807) is 6.20 Å². The monoisotopic (exact) mass is 212 g/mol. The van der Waals surface area contributed by atoms with Crippen molar-refractivity contribution in [2.24, 2.45) is 5.73 Å². The summed E-state index contributed by atoms with van der Waals surface area (Å²) in [5.41, 5.74) is 5.34. The number of thiazole rings is 1. The molecule has 1 atom stereocenters. The number of aromatic nitrogens is 1. The number of carbonyl (C=O) groups excluding carboxylic acids is 1. The molecular formula is C10H16N2OS. The van der Waals surface area contributed by atoms with Gasteiger partial charge in [0.15, 0.2) is 0 Å². The smallest absolute Gasteiger partial charge is 0.227 e. The highest BCUT2D eigenvalue weighted by Crippen LogP contribution is 2.23. The molecule has 1 aromatic rings. The molecule has 0 radical (unpaired) electrons. The quantitative estimate of drug-likeness (QED) is 0.735. The molecule has 4 heteroatoms. The Hall–Kier alpha value is -0.900. The molecule has 1 aromatic heterocycles. The van der Waals surface area contributed by atoms with Crippen LogP contribution in [0.5, 0.6) is 0 Å². The molecule has 14 heavy (non-hydrogen) atoms. The molecule has 0 aliphatic carbocycles. The van der Waals surface area contributed by atoms with Crippen molar-refractivity contribution in [2.45, 2.75) is 38.5 Å². The molecule has 0 aliphatic rings. The first kappa shape index (κ1) is 11.2. The van der Waals surface area contributed by atoms with Gasteiger partial charge in [-0.05, 0) is 6.42 Å². The predicted octanol–water partition coefficient (Wildman–Crippen LogP) is 2.29. The lowest BCUT2D eigenvalue weighted by Gasteiger charge is -2.09. The average molecular weight is 212 g/mol. The van der Waals surface area contributed by atoms with Crippen molar-refractivity contribution in [1.82, 2.24) is 4.98 Å². The second kappa shape index (κ2) is 5.75. The molecule has 1 heterocycles. The summed E-state index contributed by atoms with van der Waals surface area (Å²) < 4.78 is 0. The van der Waals surface area contributed by atoms with Crippen molar-refractivity contribution in [3.63, 3.8) is 0 Å². The topological polar surface area (TPSA) is 56.0 Å². The molecule has 1 amide bonds. The van der Waals surface area contributed by atoms with Gasteiger partial charge < -0.3 is 5.73 Å². The van der Waals surface area contributed by atoms with Crippen LogP contribution >= 0.6 is 11.3 Å². The molecule has 0 spiro atoms. The molecule has 1 unspecified atom stereocenters. The maximum atomic E-state index is 11.2. The van der Waals surface area contributed by atoms with E-state index in [1.165, 1.54) is 11.3 Å². The Morgan fingerprint density at radius 2 is 2.43 bits per heavy atom. The summed E-state index contributed by atoms with van der Waals surface area (Å²) in [5, 5.41) is 2.74. The summed E-state index contributed by atoms with van der Waals surface area (Å²) in [6.45, 7) is 2.14. The summed E-state index contributed by atoms with van der Waals surface area (Å²) in [6, 6.07) is 0. The number of carbonyl (C=O) groups is 1. The Morgan fingerprint density at radius 3 is 2.93 bits per heavy atom. The van der Waals surface area contributed by atoms with E-state index in [-0.39, 0.29) is 11.8 Å². The van der Waals surface area contributed by atoms with Gasteiger partial charge in [-0.25, -0.2) is 4.98 Å². The molecular weight excluding hydrogens is 196 g/mol. The van der Waals surface area contributed by atoms with Gasteiger partial charge in [-0.2, -0.15) is 0 Å². The maximum absolute atomic E-state index is 11.2. The van der Waals surface area contributed by atoms with Crippen LogP contribution in [0.4, 0.5) is 0 Å². The molecule has 1 rings (SSSR count). The lowest BCUT2D eigenvalue weighted by molar-refractivity contribution is -0.119. The van der Waals surface area contributed by atoms with Crippen molar-refractivity contribution in [1.29, 1.82) is 0 Å². The van der Waals surface area contributed by atoms with Crippen molar-refractivity contribution in [3.8, 4) is 0 Å². The van der Waals surface area contributed by atoms with Crippen LogP contribution < -0.4 is 5.73 Å². The number of rotatable bonds is 6. The van der Waals surface area contributed by atoms with E-state index in [0.29, 0.717) is 0 Å². The number of primary amides is 1. The maximum Gasteiger partial charge on any atom is 0.227 e. The summed E-state index contributed by atoms with van der Waals surface area (Å²) in [5.74, 6) is -0.433. The fourth-order valence-electron chi connectivity index (χ4n) is 1.39. The molecule has 3 nitrogen and oxygen atoms in total. The normalized spacial score (nSPS) is 12.6. The Bertz CT molecular complexity index is 272. The second-order valence-corrected chi connectivity index (χ2v) is 4.25. The molecule has 0 aliphatic heterocycles. The van der Waals surface area contributed by atoms with E-state index < -0.39 is 0 Å².